The minimum atomic E-state index is -0.941. The summed E-state index contributed by atoms with van der Waals surface area (Å²) in [6, 6.07) is 6.63. The molecule has 1 aromatic carbocycles. The molecule has 74 valence electrons. The van der Waals surface area contributed by atoms with E-state index in [1.807, 2.05) is 0 Å². The quantitative estimate of drug-likeness (QED) is 0.778. The van der Waals surface area contributed by atoms with Crippen molar-refractivity contribution in [1.29, 1.82) is 0 Å². The average Bonchev–Trinajstić information content (AvgIpc) is 2.18. The predicted molar refractivity (Wildman–Crippen MR) is 50.7 cm³/mol. The molecule has 1 atom stereocenters. The summed E-state index contributed by atoms with van der Waals surface area (Å²) >= 11 is 0. The van der Waals surface area contributed by atoms with Gasteiger partial charge in [-0.25, -0.2) is 4.57 Å². The standard InChI is InChI=1S/C9H9O4P/c1-6(9(10)11)7-4-2-3-5-8(7)13-14-12/h2-6H,1H3,(H,10,11). The average molecular weight is 212 g/mol. The summed E-state index contributed by atoms with van der Waals surface area (Å²) in [5.74, 6) is -1.28. The van der Waals surface area contributed by atoms with E-state index in [2.05, 4.69) is 0 Å². The van der Waals surface area contributed by atoms with Gasteiger partial charge in [0.05, 0.1) is 5.92 Å². The SMILES string of the molecule is CC(C(=O)O)c1ccccc1OP=O. The van der Waals surface area contributed by atoms with Crippen LogP contribution in [0.3, 0.4) is 0 Å². The molecular formula is C9H9O4P. The van der Waals surface area contributed by atoms with Crippen molar-refractivity contribution < 1.29 is 19.0 Å². The molecule has 0 saturated heterocycles. The van der Waals surface area contributed by atoms with Crippen LogP contribution in [0.15, 0.2) is 24.3 Å². The highest BCUT2D eigenvalue weighted by atomic mass is 31.1. The number of rotatable bonds is 4. The van der Waals surface area contributed by atoms with E-state index in [0.29, 0.717) is 11.3 Å². The summed E-state index contributed by atoms with van der Waals surface area (Å²) < 4.78 is 15.0. The van der Waals surface area contributed by atoms with Crippen molar-refractivity contribution in [3.05, 3.63) is 29.8 Å². The summed E-state index contributed by atoms with van der Waals surface area (Å²) in [4.78, 5) is 10.7. The molecule has 1 unspecified atom stereocenters. The smallest absolute Gasteiger partial charge is 0.395 e. The molecule has 0 aliphatic rings. The number of carbonyl (C=O) groups is 1. The van der Waals surface area contributed by atoms with E-state index in [1.165, 1.54) is 0 Å². The van der Waals surface area contributed by atoms with E-state index >= 15 is 0 Å². The van der Waals surface area contributed by atoms with Gasteiger partial charge in [0, 0.05) is 5.56 Å². The van der Waals surface area contributed by atoms with Gasteiger partial charge in [-0.1, -0.05) is 18.2 Å². The van der Waals surface area contributed by atoms with Crippen molar-refractivity contribution in [2.45, 2.75) is 12.8 Å². The van der Waals surface area contributed by atoms with Gasteiger partial charge in [0.25, 0.3) is 0 Å². The Balaban J connectivity index is 3.05. The van der Waals surface area contributed by atoms with Gasteiger partial charge >= 0.3 is 14.7 Å². The maximum absolute atomic E-state index is 10.7. The molecule has 0 amide bonds. The summed E-state index contributed by atoms with van der Waals surface area (Å²) in [5.41, 5.74) is 0.517. The Hall–Kier alpha value is -1.41. The first-order chi connectivity index (χ1) is 6.66. The molecular weight excluding hydrogens is 203 g/mol. The van der Waals surface area contributed by atoms with Gasteiger partial charge in [0.15, 0.2) is 0 Å². The van der Waals surface area contributed by atoms with E-state index in [-0.39, 0.29) is 0 Å². The van der Waals surface area contributed by atoms with Gasteiger partial charge in [-0.05, 0) is 13.0 Å². The Morgan fingerprint density at radius 3 is 2.71 bits per heavy atom. The number of carboxylic acid groups (broad SMARTS) is 1. The number of hydrogen-bond donors (Lipinski definition) is 1. The fourth-order valence-corrected chi connectivity index (χ4v) is 1.34. The van der Waals surface area contributed by atoms with Gasteiger partial charge in [0.1, 0.15) is 5.75 Å². The van der Waals surface area contributed by atoms with Gasteiger partial charge in [-0.2, -0.15) is 0 Å². The van der Waals surface area contributed by atoms with Crippen LogP contribution in [0.2, 0.25) is 0 Å². The molecule has 0 bridgehead atoms. The Morgan fingerprint density at radius 2 is 2.14 bits per heavy atom. The van der Waals surface area contributed by atoms with Crippen LogP contribution < -0.4 is 4.52 Å². The highest BCUT2D eigenvalue weighted by molar-refractivity contribution is 7.17. The fraction of sp³-hybridized carbons (Fsp3) is 0.222. The van der Waals surface area contributed by atoms with Crippen LogP contribution in [0, 0.1) is 0 Å². The Labute approximate surface area is 82.8 Å². The predicted octanol–water partition coefficient (Wildman–Crippen LogP) is 2.46. The molecule has 1 aromatic rings. The second-order valence-electron chi connectivity index (χ2n) is 2.76. The van der Waals surface area contributed by atoms with Crippen molar-refractivity contribution in [3.8, 4) is 5.75 Å². The van der Waals surface area contributed by atoms with Crippen LogP contribution in [0.4, 0.5) is 0 Å². The minimum Gasteiger partial charge on any atom is -0.481 e. The molecule has 14 heavy (non-hydrogen) atoms. The molecule has 1 N–H and O–H groups in total. The number of para-hydroxylation sites is 1. The van der Waals surface area contributed by atoms with E-state index < -0.39 is 20.6 Å². The van der Waals surface area contributed by atoms with E-state index in [4.69, 9.17) is 9.63 Å². The van der Waals surface area contributed by atoms with Crippen LogP contribution in [0.1, 0.15) is 18.4 Å². The van der Waals surface area contributed by atoms with Gasteiger partial charge in [0.2, 0.25) is 0 Å². The summed E-state index contributed by atoms with van der Waals surface area (Å²) in [6.45, 7) is 1.55. The number of carboxylic acids is 1. The van der Waals surface area contributed by atoms with Crippen molar-refractivity contribution in [2.24, 2.45) is 0 Å². The molecule has 1 rings (SSSR count). The maximum Gasteiger partial charge on any atom is 0.395 e. The van der Waals surface area contributed by atoms with Crippen molar-refractivity contribution >= 4 is 14.7 Å². The lowest BCUT2D eigenvalue weighted by Gasteiger charge is -2.09. The highest BCUT2D eigenvalue weighted by Gasteiger charge is 2.17. The molecule has 5 heteroatoms. The van der Waals surface area contributed by atoms with Gasteiger partial charge in [-0.3, -0.25) is 4.79 Å². The molecule has 0 aromatic heterocycles. The van der Waals surface area contributed by atoms with Crippen LogP contribution in [-0.4, -0.2) is 11.1 Å². The summed E-state index contributed by atoms with van der Waals surface area (Å²) in [5, 5.41) is 8.79. The Kier molecular flexibility index (Phi) is 3.60. The molecule has 4 nitrogen and oxygen atoms in total. The second kappa shape index (κ2) is 4.72. The van der Waals surface area contributed by atoms with Crippen LogP contribution in [0.25, 0.3) is 0 Å². The number of benzene rings is 1. The zero-order valence-electron chi connectivity index (χ0n) is 7.51. The third-order valence-electron chi connectivity index (χ3n) is 1.89. The van der Waals surface area contributed by atoms with Crippen molar-refractivity contribution in [2.75, 3.05) is 0 Å². The molecule has 0 aliphatic heterocycles. The number of hydrogen-bond acceptors (Lipinski definition) is 3. The fourth-order valence-electron chi connectivity index (χ4n) is 1.09. The monoisotopic (exact) mass is 212 g/mol. The van der Waals surface area contributed by atoms with E-state index in [1.54, 1.807) is 31.2 Å². The van der Waals surface area contributed by atoms with Crippen molar-refractivity contribution in [3.63, 3.8) is 0 Å². The Morgan fingerprint density at radius 1 is 1.50 bits per heavy atom. The minimum absolute atomic E-state index is 0.332. The first-order valence-electron chi connectivity index (χ1n) is 3.98. The maximum atomic E-state index is 10.7. The first-order valence-corrected chi connectivity index (χ1v) is 4.71. The lowest BCUT2D eigenvalue weighted by atomic mass is 10.0. The molecule has 0 spiro atoms. The third kappa shape index (κ3) is 2.30. The third-order valence-corrected chi connectivity index (χ3v) is 2.16. The van der Waals surface area contributed by atoms with E-state index in [9.17, 15) is 9.36 Å². The van der Waals surface area contributed by atoms with Gasteiger partial charge < -0.3 is 9.63 Å². The first kappa shape index (κ1) is 10.7. The molecule has 0 saturated carbocycles. The van der Waals surface area contributed by atoms with Crippen LogP contribution in [0.5, 0.6) is 5.75 Å². The zero-order chi connectivity index (χ0) is 10.6. The second-order valence-corrected chi connectivity index (χ2v) is 3.10. The van der Waals surface area contributed by atoms with Crippen LogP contribution in [-0.2, 0) is 9.36 Å². The lowest BCUT2D eigenvalue weighted by molar-refractivity contribution is -0.138. The van der Waals surface area contributed by atoms with E-state index in [0.717, 1.165) is 0 Å². The molecule has 0 radical (unpaired) electrons. The zero-order valence-corrected chi connectivity index (χ0v) is 8.40. The van der Waals surface area contributed by atoms with Crippen molar-refractivity contribution in [1.82, 2.24) is 0 Å². The highest BCUT2D eigenvalue weighted by Crippen LogP contribution is 2.28. The molecule has 0 heterocycles. The summed E-state index contributed by atoms with van der Waals surface area (Å²) in [7, 11) is -0.485. The van der Waals surface area contributed by atoms with Gasteiger partial charge in [-0.15, -0.1) is 0 Å². The number of aliphatic carboxylic acids is 1. The topological polar surface area (TPSA) is 63.6 Å². The van der Waals surface area contributed by atoms with Crippen LogP contribution >= 0.6 is 8.69 Å². The lowest BCUT2D eigenvalue weighted by Crippen LogP contribution is -2.08. The molecule has 0 fully saturated rings. The normalized spacial score (nSPS) is 12.4. The summed E-state index contributed by atoms with van der Waals surface area (Å²) in [6.07, 6.45) is 0. The molecule has 0 aliphatic carbocycles. The Bertz CT molecular complexity index is 350. The largest absolute Gasteiger partial charge is 0.481 e.